The first kappa shape index (κ1) is 9.07. The Morgan fingerprint density at radius 2 is 1.87 bits per heavy atom. The van der Waals surface area contributed by atoms with Gasteiger partial charge in [-0.2, -0.15) is 0 Å². The first-order chi connectivity index (χ1) is 7.32. The molecule has 0 N–H and O–H groups in total. The van der Waals surface area contributed by atoms with Crippen molar-refractivity contribution >= 4 is 5.78 Å². The van der Waals surface area contributed by atoms with E-state index in [1.54, 1.807) is 0 Å². The number of fused-ring (bicyclic) bond motifs is 1. The molecule has 0 saturated carbocycles. The molecule has 0 aromatic heterocycles. The lowest BCUT2D eigenvalue weighted by Crippen LogP contribution is -2.45. The van der Waals surface area contributed by atoms with E-state index in [9.17, 15) is 4.79 Å². The van der Waals surface area contributed by atoms with Crippen LogP contribution in [0.15, 0.2) is 24.3 Å². The Balaban J connectivity index is 2.01. The van der Waals surface area contributed by atoms with Gasteiger partial charge in [0.05, 0.1) is 13.2 Å². The lowest BCUT2D eigenvalue weighted by Gasteiger charge is -2.31. The molecule has 0 bridgehead atoms. The quantitative estimate of drug-likeness (QED) is 0.643. The number of benzene rings is 1. The van der Waals surface area contributed by atoms with Crippen LogP contribution in [0.4, 0.5) is 0 Å². The molecule has 0 radical (unpaired) electrons. The first-order valence-electron chi connectivity index (χ1n) is 5.22. The van der Waals surface area contributed by atoms with E-state index in [2.05, 4.69) is 0 Å². The van der Waals surface area contributed by atoms with Crippen molar-refractivity contribution in [2.45, 2.75) is 18.6 Å². The highest BCUT2D eigenvalue weighted by Gasteiger charge is 2.49. The van der Waals surface area contributed by atoms with Crippen molar-refractivity contribution in [3.8, 4) is 0 Å². The van der Waals surface area contributed by atoms with Gasteiger partial charge in [-0.05, 0) is 12.0 Å². The molecule has 3 rings (SSSR count). The number of carbonyl (C=O) groups excluding carboxylic acids is 1. The summed E-state index contributed by atoms with van der Waals surface area (Å²) < 4.78 is 11.1. The molecule has 78 valence electrons. The normalized spacial score (nSPS) is 23.1. The van der Waals surface area contributed by atoms with E-state index < -0.39 is 5.79 Å². The summed E-state index contributed by atoms with van der Waals surface area (Å²) in [5.74, 6) is -1.01. The minimum absolute atomic E-state index is 0.0159. The predicted octanol–water partition coefficient (Wildman–Crippen LogP) is 1.56. The van der Waals surface area contributed by atoms with Gasteiger partial charge in [0.15, 0.2) is 0 Å². The molecule has 0 amide bonds. The Morgan fingerprint density at radius 3 is 2.60 bits per heavy atom. The maximum absolute atomic E-state index is 12.1. The fraction of sp³-hybridized carbons (Fsp3) is 0.417. The summed E-state index contributed by atoms with van der Waals surface area (Å²) >= 11 is 0. The van der Waals surface area contributed by atoms with Crippen molar-refractivity contribution in [3.63, 3.8) is 0 Å². The Bertz CT molecular complexity index is 405. The second-order valence-electron chi connectivity index (χ2n) is 3.97. The van der Waals surface area contributed by atoms with Crippen molar-refractivity contribution in [3.05, 3.63) is 35.4 Å². The summed E-state index contributed by atoms with van der Waals surface area (Å²) in [6.07, 6.45) is 1.42. The number of rotatable bonds is 0. The summed E-state index contributed by atoms with van der Waals surface area (Å²) in [5, 5.41) is 0. The number of Topliss-reactive ketones (excluding diaryl/α,β-unsaturated/α-hetero) is 1. The van der Waals surface area contributed by atoms with Gasteiger partial charge in [-0.1, -0.05) is 24.3 Å². The van der Waals surface area contributed by atoms with Crippen LogP contribution in [0.2, 0.25) is 0 Å². The standard InChI is InChI=1S/C12H12O3/c13-11-10-5-2-1-4-9(10)8-12(11)14-6-3-7-15-12/h1-2,4-5H,3,6-8H2. The average Bonchev–Trinajstić information content (AvgIpc) is 2.54. The van der Waals surface area contributed by atoms with Gasteiger partial charge in [0.2, 0.25) is 11.6 Å². The zero-order valence-electron chi connectivity index (χ0n) is 8.36. The van der Waals surface area contributed by atoms with Gasteiger partial charge >= 0.3 is 0 Å². The fourth-order valence-electron chi connectivity index (χ4n) is 2.24. The molecule has 0 atom stereocenters. The van der Waals surface area contributed by atoms with E-state index in [0.717, 1.165) is 17.5 Å². The smallest absolute Gasteiger partial charge is 0.237 e. The van der Waals surface area contributed by atoms with Crippen LogP contribution in [-0.4, -0.2) is 24.8 Å². The van der Waals surface area contributed by atoms with E-state index in [1.165, 1.54) is 0 Å². The summed E-state index contributed by atoms with van der Waals surface area (Å²) in [6, 6.07) is 7.61. The van der Waals surface area contributed by atoms with Gasteiger partial charge in [0.1, 0.15) is 0 Å². The van der Waals surface area contributed by atoms with Crippen molar-refractivity contribution in [1.82, 2.24) is 0 Å². The highest BCUT2D eigenvalue weighted by atomic mass is 16.7. The fourth-order valence-corrected chi connectivity index (χ4v) is 2.24. The van der Waals surface area contributed by atoms with Crippen LogP contribution in [0.5, 0.6) is 0 Å². The molecule has 1 saturated heterocycles. The third kappa shape index (κ3) is 1.24. The van der Waals surface area contributed by atoms with Gasteiger partial charge in [0.25, 0.3) is 0 Å². The second kappa shape index (κ2) is 3.15. The van der Waals surface area contributed by atoms with Crippen molar-refractivity contribution in [2.75, 3.05) is 13.2 Å². The summed E-state index contributed by atoms with van der Waals surface area (Å²) in [7, 11) is 0. The Morgan fingerprint density at radius 1 is 1.13 bits per heavy atom. The summed E-state index contributed by atoms with van der Waals surface area (Å²) in [4.78, 5) is 12.1. The molecular weight excluding hydrogens is 192 g/mol. The maximum Gasteiger partial charge on any atom is 0.237 e. The number of ether oxygens (including phenoxy) is 2. The second-order valence-corrected chi connectivity index (χ2v) is 3.97. The molecule has 1 fully saturated rings. The van der Waals surface area contributed by atoms with Crippen LogP contribution < -0.4 is 0 Å². The molecule has 1 aromatic rings. The molecule has 1 heterocycles. The largest absolute Gasteiger partial charge is 0.343 e. The molecule has 0 unspecified atom stereocenters. The minimum atomic E-state index is -0.998. The van der Waals surface area contributed by atoms with Crippen molar-refractivity contribution < 1.29 is 14.3 Å². The van der Waals surface area contributed by atoms with Crippen LogP contribution in [0.3, 0.4) is 0 Å². The van der Waals surface area contributed by atoms with Crippen LogP contribution in [0.25, 0.3) is 0 Å². The van der Waals surface area contributed by atoms with E-state index in [1.807, 2.05) is 24.3 Å². The number of ketones is 1. The highest BCUT2D eigenvalue weighted by molar-refractivity contribution is 6.06. The van der Waals surface area contributed by atoms with E-state index >= 15 is 0 Å². The third-order valence-corrected chi connectivity index (χ3v) is 2.99. The summed E-state index contributed by atoms with van der Waals surface area (Å²) in [6.45, 7) is 1.22. The molecule has 1 aliphatic carbocycles. The summed E-state index contributed by atoms with van der Waals surface area (Å²) in [5.41, 5.74) is 1.78. The SMILES string of the molecule is O=C1c2ccccc2CC12OCCCO2. The van der Waals surface area contributed by atoms with Gasteiger partial charge < -0.3 is 9.47 Å². The molecule has 1 aromatic carbocycles. The zero-order chi connectivity index (χ0) is 10.3. The topological polar surface area (TPSA) is 35.5 Å². The van der Waals surface area contributed by atoms with E-state index in [0.29, 0.717) is 19.6 Å². The lowest BCUT2D eigenvalue weighted by atomic mass is 10.1. The number of hydrogen-bond acceptors (Lipinski definition) is 3. The van der Waals surface area contributed by atoms with Gasteiger partial charge in [-0.15, -0.1) is 0 Å². The molecular formula is C12H12O3. The maximum atomic E-state index is 12.1. The molecule has 15 heavy (non-hydrogen) atoms. The molecule has 2 aliphatic rings. The van der Waals surface area contributed by atoms with Gasteiger partial charge in [-0.3, -0.25) is 4.79 Å². The highest BCUT2D eigenvalue weighted by Crippen LogP contribution is 2.35. The zero-order valence-corrected chi connectivity index (χ0v) is 8.36. The van der Waals surface area contributed by atoms with E-state index in [-0.39, 0.29) is 5.78 Å². The van der Waals surface area contributed by atoms with Crippen LogP contribution in [-0.2, 0) is 15.9 Å². The minimum Gasteiger partial charge on any atom is -0.343 e. The van der Waals surface area contributed by atoms with Crippen LogP contribution in [0, 0.1) is 0 Å². The third-order valence-electron chi connectivity index (χ3n) is 2.99. The lowest BCUT2D eigenvalue weighted by molar-refractivity contribution is -0.228. The number of carbonyl (C=O) groups is 1. The van der Waals surface area contributed by atoms with Crippen LogP contribution >= 0.6 is 0 Å². The van der Waals surface area contributed by atoms with E-state index in [4.69, 9.17) is 9.47 Å². The van der Waals surface area contributed by atoms with Crippen molar-refractivity contribution in [1.29, 1.82) is 0 Å². The molecule has 1 aliphatic heterocycles. The Hall–Kier alpha value is -1.19. The average molecular weight is 204 g/mol. The van der Waals surface area contributed by atoms with Crippen LogP contribution in [0.1, 0.15) is 22.3 Å². The monoisotopic (exact) mass is 204 g/mol. The predicted molar refractivity (Wildman–Crippen MR) is 53.7 cm³/mol. The Kier molecular flexibility index (Phi) is 1.90. The van der Waals surface area contributed by atoms with Crippen molar-refractivity contribution in [2.24, 2.45) is 0 Å². The number of hydrogen-bond donors (Lipinski definition) is 0. The molecule has 1 spiro atoms. The molecule has 3 nitrogen and oxygen atoms in total. The Labute approximate surface area is 88.0 Å². The van der Waals surface area contributed by atoms with Gasteiger partial charge in [0, 0.05) is 12.0 Å². The van der Waals surface area contributed by atoms with Gasteiger partial charge in [-0.25, -0.2) is 0 Å². The molecule has 3 heteroatoms. The first-order valence-corrected chi connectivity index (χ1v) is 5.22.